The highest BCUT2D eigenvalue weighted by Gasteiger charge is 2.17. The van der Waals surface area contributed by atoms with Crippen molar-refractivity contribution in [3.63, 3.8) is 0 Å². The molecule has 0 unspecified atom stereocenters. The Balaban J connectivity index is 0.992. The van der Waals surface area contributed by atoms with Crippen LogP contribution in [0.3, 0.4) is 0 Å². The van der Waals surface area contributed by atoms with Crippen molar-refractivity contribution < 1.29 is 4.42 Å². The lowest BCUT2D eigenvalue weighted by molar-refractivity contribution is 0.669. The van der Waals surface area contributed by atoms with Crippen molar-refractivity contribution in [2.24, 2.45) is 0 Å². The maximum Gasteiger partial charge on any atom is 0.135 e. The largest absolute Gasteiger partial charge is 0.456 e. The third-order valence-electron chi connectivity index (χ3n) is 10.9. The van der Waals surface area contributed by atoms with Gasteiger partial charge >= 0.3 is 0 Å². The summed E-state index contributed by atoms with van der Waals surface area (Å²) in [4.78, 5) is 2.35. The molecule has 0 aliphatic heterocycles. The normalized spacial score (nSPS) is 11.6. The molecule has 258 valence electrons. The lowest BCUT2D eigenvalue weighted by Gasteiger charge is -2.26. The van der Waals surface area contributed by atoms with E-state index in [2.05, 4.69) is 193 Å². The van der Waals surface area contributed by atoms with E-state index in [0.717, 1.165) is 39.0 Å². The predicted octanol–water partition coefficient (Wildman–Crippen LogP) is 15.6. The van der Waals surface area contributed by atoms with Crippen LogP contribution in [0.25, 0.3) is 86.3 Å². The van der Waals surface area contributed by atoms with Crippen LogP contribution in [0.15, 0.2) is 205 Å². The van der Waals surface area contributed by atoms with Gasteiger partial charge in [0.05, 0.1) is 0 Å². The number of rotatable bonds is 6. The third kappa shape index (κ3) is 5.48. The molecule has 2 aromatic heterocycles. The van der Waals surface area contributed by atoms with Gasteiger partial charge in [0, 0.05) is 48.0 Å². The first kappa shape index (κ1) is 31.6. The van der Waals surface area contributed by atoms with Crippen LogP contribution >= 0.6 is 11.3 Å². The second kappa shape index (κ2) is 12.9. The number of nitrogens with zero attached hydrogens (tertiary/aromatic N) is 1. The SMILES string of the molecule is c1cc(-c2ccc(N(c3ccc(-c4cccc5c4sc4ccccc45)cc3)c3ccc4oc5ccccc5c4c3)cc2)cc(-c2ccc3ccccc3c2)c1. The van der Waals surface area contributed by atoms with Gasteiger partial charge in [0.15, 0.2) is 0 Å². The summed E-state index contributed by atoms with van der Waals surface area (Å²) in [5.41, 5.74) is 12.3. The Morgan fingerprint density at radius 2 is 0.945 bits per heavy atom. The Morgan fingerprint density at radius 1 is 0.345 bits per heavy atom. The molecule has 0 saturated heterocycles. The molecule has 0 aliphatic rings. The third-order valence-corrected chi connectivity index (χ3v) is 12.1. The maximum atomic E-state index is 6.23. The Morgan fingerprint density at radius 3 is 1.78 bits per heavy atom. The van der Waals surface area contributed by atoms with Gasteiger partial charge in [0.2, 0.25) is 0 Å². The molecule has 11 aromatic rings. The molecule has 0 spiro atoms. The topological polar surface area (TPSA) is 16.4 Å². The molecule has 55 heavy (non-hydrogen) atoms. The van der Waals surface area contributed by atoms with E-state index >= 15 is 0 Å². The van der Waals surface area contributed by atoms with Crippen LogP contribution < -0.4 is 4.90 Å². The first-order valence-electron chi connectivity index (χ1n) is 18.7. The molecule has 0 amide bonds. The van der Waals surface area contributed by atoms with Crippen LogP contribution in [0.4, 0.5) is 17.1 Å². The summed E-state index contributed by atoms with van der Waals surface area (Å²) in [6.45, 7) is 0. The van der Waals surface area contributed by atoms with Crippen molar-refractivity contribution in [3.8, 4) is 33.4 Å². The zero-order valence-electron chi connectivity index (χ0n) is 29.8. The molecule has 2 heterocycles. The van der Waals surface area contributed by atoms with E-state index < -0.39 is 0 Å². The Labute approximate surface area is 322 Å². The minimum atomic E-state index is 0.887. The number of fused-ring (bicyclic) bond motifs is 7. The molecular formula is C52H33NOS. The monoisotopic (exact) mass is 719 g/mol. The smallest absolute Gasteiger partial charge is 0.135 e. The number of furan rings is 1. The molecule has 0 saturated carbocycles. The molecule has 0 radical (unpaired) electrons. The number of thiophene rings is 1. The van der Waals surface area contributed by atoms with E-state index in [1.165, 1.54) is 64.3 Å². The fourth-order valence-corrected chi connectivity index (χ4v) is 9.35. The van der Waals surface area contributed by atoms with Crippen molar-refractivity contribution >= 4 is 81.3 Å². The van der Waals surface area contributed by atoms with Crippen LogP contribution in [0, 0.1) is 0 Å². The van der Waals surface area contributed by atoms with Crippen molar-refractivity contribution in [2.45, 2.75) is 0 Å². The average molecular weight is 720 g/mol. The fourth-order valence-electron chi connectivity index (χ4n) is 8.12. The highest BCUT2D eigenvalue weighted by Crippen LogP contribution is 2.43. The summed E-state index contributed by atoms with van der Waals surface area (Å²) in [6.07, 6.45) is 0. The van der Waals surface area contributed by atoms with Crippen LogP contribution in [0.1, 0.15) is 0 Å². The molecule has 0 atom stereocenters. The van der Waals surface area contributed by atoms with Gasteiger partial charge in [-0.25, -0.2) is 0 Å². The number of benzene rings is 9. The molecular weight excluding hydrogens is 687 g/mol. The number of anilines is 3. The standard InChI is InChI=1S/C52H33NOS/c1-2-10-37-32-40(20-19-34(37)9-1)39-12-7-11-38(31-39)35-21-25-41(26-22-35)53(43-29-30-50-48(33-43)45-13-3-5-17-49(45)54-50)42-27-23-36(24-28-42)44-15-8-16-47-46-14-4-6-18-51(46)55-52(44)47/h1-33H. The zero-order valence-corrected chi connectivity index (χ0v) is 30.6. The van der Waals surface area contributed by atoms with E-state index in [1.807, 2.05) is 23.5 Å². The van der Waals surface area contributed by atoms with E-state index in [0.29, 0.717) is 0 Å². The quantitative estimate of drug-likeness (QED) is 0.170. The summed E-state index contributed by atoms with van der Waals surface area (Å²) >= 11 is 1.87. The van der Waals surface area contributed by atoms with Gasteiger partial charge in [-0.15, -0.1) is 11.3 Å². The summed E-state index contributed by atoms with van der Waals surface area (Å²) in [5, 5.41) is 7.36. The van der Waals surface area contributed by atoms with Crippen molar-refractivity contribution in [1.82, 2.24) is 0 Å². The Bertz CT molecular complexity index is 3210. The highest BCUT2D eigenvalue weighted by molar-refractivity contribution is 7.26. The first-order valence-corrected chi connectivity index (χ1v) is 19.5. The van der Waals surface area contributed by atoms with E-state index in [-0.39, 0.29) is 0 Å². The van der Waals surface area contributed by atoms with Crippen molar-refractivity contribution in [3.05, 3.63) is 200 Å². The number of para-hydroxylation sites is 1. The Hall–Kier alpha value is -6.94. The minimum absolute atomic E-state index is 0.887. The summed E-state index contributed by atoms with van der Waals surface area (Å²) < 4.78 is 8.87. The molecule has 11 rings (SSSR count). The van der Waals surface area contributed by atoms with Gasteiger partial charge < -0.3 is 9.32 Å². The van der Waals surface area contributed by atoms with E-state index in [4.69, 9.17) is 4.42 Å². The van der Waals surface area contributed by atoms with Crippen molar-refractivity contribution in [2.75, 3.05) is 4.90 Å². The molecule has 0 fully saturated rings. The average Bonchev–Trinajstić information content (AvgIpc) is 3.83. The first-order chi connectivity index (χ1) is 27.2. The fraction of sp³-hybridized carbons (Fsp3) is 0. The number of hydrogen-bond donors (Lipinski definition) is 0. The second-order valence-electron chi connectivity index (χ2n) is 14.1. The molecule has 0 N–H and O–H groups in total. The van der Waals surface area contributed by atoms with Crippen LogP contribution in [-0.4, -0.2) is 0 Å². The molecule has 0 bridgehead atoms. The van der Waals surface area contributed by atoms with Gasteiger partial charge in [0.25, 0.3) is 0 Å². The highest BCUT2D eigenvalue weighted by atomic mass is 32.1. The van der Waals surface area contributed by atoms with E-state index in [1.54, 1.807) is 0 Å². The van der Waals surface area contributed by atoms with E-state index in [9.17, 15) is 0 Å². The van der Waals surface area contributed by atoms with Gasteiger partial charge in [-0.2, -0.15) is 0 Å². The molecule has 9 aromatic carbocycles. The zero-order chi connectivity index (χ0) is 36.3. The predicted molar refractivity (Wildman–Crippen MR) is 235 cm³/mol. The molecule has 0 aliphatic carbocycles. The lowest BCUT2D eigenvalue weighted by Crippen LogP contribution is -2.09. The van der Waals surface area contributed by atoms with Crippen molar-refractivity contribution in [1.29, 1.82) is 0 Å². The summed E-state index contributed by atoms with van der Waals surface area (Å²) in [7, 11) is 0. The lowest BCUT2D eigenvalue weighted by atomic mass is 9.97. The summed E-state index contributed by atoms with van der Waals surface area (Å²) in [5.74, 6) is 0. The van der Waals surface area contributed by atoms with Gasteiger partial charge in [-0.1, -0.05) is 133 Å². The molecule has 3 heteroatoms. The van der Waals surface area contributed by atoms with Gasteiger partial charge in [-0.3, -0.25) is 0 Å². The number of hydrogen-bond acceptors (Lipinski definition) is 3. The van der Waals surface area contributed by atoms with Gasteiger partial charge in [0.1, 0.15) is 11.2 Å². The second-order valence-corrected chi connectivity index (χ2v) is 15.2. The Kier molecular flexibility index (Phi) is 7.39. The van der Waals surface area contributed by atoms with Crippen LogP contribution in [-0.2, 0) is 0 Å². The van der Waals surface area contributed by atoms with Gasteiger partial charge in [-0.05, 0) is 111 Å². The maximum absolute atomic E-state index is 6.23. The van der Waals surface area contributed by atoms with Crippen LogP contribution in [0.2, 0.25) is 0 Å². The van der Waals surface area contributed by atoms with Crippen LogP contribution in [0.5, 0.6) is 0 Å². The summed E-state index contributed by atoms with van der Waals surface area (Å²) in [6, 6.07) is 72.3. The molecule has 2 nitrogen and oxygen atoms in total. The minimum Gasteiger partial charge on any atom is -0.456 e.